The van der Waals surface area contributed by atoms with Crippen LogP contribution in [0.4, 0.5) is 0 Å². The van der Waals surface area contributed by atoms with Gasteiger partial charge in [0.2, 0.25) is 5.91 Å². The van der Waals surface area contributed by atoms with E-state index in [1.807, 2.05) is 0 Å². The van der Waals surface area contributed by atoms with E-state index in [-0.39, 0.29) is 18.1 Å². The standard InChI is InChI=1S/C13H24N2O2/c16-11-8-12(14-9-11)13(17)15-10-6-4-2-1-3-5-7-10/h10-12,14,16H,1-9H2,(H,15,17). The van der Waals surface area contributed by atoms with Gasteiger partial charge in [-0.2, -0.15) is 0 Å². The molecule has 4 nitrogen and oxygen atoms in total. The first kappa shape index (κ1) is 12.8. The van der Waals surface area contributed by atoms with Gasteiger partial charge in [-0.1, -0.05) is 32.1 Å². The van der Waals surface area contributed by atoms with E-state index in [1.54, 1.807) is 0 Å². The zero-order valence-electron chi connectivity index (χ0n) is 10.5. The fourth-order valence-electron chi connectivity index (χ4n) is 2.82. The monoisotopic (exact) mass is 240 g/mol. The normalized spacial score (nSPS) is 31.8. The Balaban J connectivity index is 1.76. The minimum Gasteiger partial charge on any atom is -0.392 e. The van der Waals surface area contributed by atoms with Crippen LogP contribution < -0.4 is 10.6 Å². The molecule has 1 saturated carbocycles. The highest BCUT2D eigenvalue weighted by atomic mass is 16.3. The van der Waals surface area contributed by atoms with Crippen molar-refractivity contribution in [3.8, 4) is 0 Å². The predicted octanol–water partition coefficient (Wildman–Crippen LogP) is 0.938. The third-order valence-corrected chi connectivity index (χ3v) is 3.88. The quantitative estimate of drug-likeness (QED) is 0.673. The van der Waals surface area contributed by atoms with Gasteiger partial charge in [-0.05, 0) is 19.3 Å². The lowest BCUT2D eigenvalue weighted by Gasteiger charge is -2.22. The third kappa shape index (κ3) is 3.96. The fraction of sp³-hybridized carbons (Fsp3) is 0.923. The average Bonchev–Trinajstić information content (AvgIpc) is 2.68. The zero-order valence-corrected chi connectivity index (χ0v) is 10.5. The number of β-amino-alcohol motifs (C(OH)–C–C–N with tert-alkyl or cyclic N) is 1. The molecule has 4 heteroatoms. The molecule has 1 aliphatic heterocycles. The van der Waals surface area contributed by atoms with Gasteiger partial charge in [-0.3, -0.25) is 4.79 Å². The van der Waals surface area contributed by atoms with Crippen LogP contribution in [0.3, 0.4) is 0 Å². The van der Waals surface area contributed by atoms with E-state index in [0.717, 1.165) is 12.8 Å². The average molecular weight is 240 g/mol. The Labute approximate surface area is 103 Å². The summed E-state index contributed by atoms with van der Waals surface area (Å²) in [5.41, 5.74) is 0. The van der Waals surface area contributed by atoms with Crippen LogP contribution in [-0.4, -0.2) is 35.7 Å². The second-order valence-corrected chi connectivity index (χ2v) is 5.40. The van der Waals surface area contributed by atoms with E-state index in [0.29, 0.717) is 19.0 Å². The first-order chi connectivity index (χ1) is 8.25. The number of rotatable bonds is 2. The Bertz CT molecular complexity index is 250. The Hall–Kier alpha value is -0.610. The van der Waals surface area contributed by atoms with Crippen molar-refractivity contribution >= 4 is 5.91 Å². The number of aliphatic hydroxyl groups is 1. The van der Waals surface area contributed by atoms with Gasteiger partial charge in [-0.15, -0.1) is 0 Å². The number of nitrogens with one attached hydrogen (secondary N) is 2. The SMILES string of the molecule is O=C(NC1CCCCCCC1)C1CC(O)CN1. The van der Waals surface area contributed by atoms with Gasteiger partial charge < -0.3 is 15.7 Å². The molecule has 17 heavy (non-hydrogen) atoms. The Morgan fingerprint density at radius 2 is 1.76 bits per heavy atom. The molecule has 2 aliphatic rings. The van der Waals surface area contributed by atoms with Crippen LogP contribution in [0.2, 0.25) is 0 Å². The highest BCUT2D eigenvalue weighted by molar-refractivity contribution is 5.82. The second-order valence-electron chi connectivity index (χ2n) is 5.40. The van der Waals surface area contributed by atoms with Gasteiger partial charge in [0.15, 0.2) is 0 Å². The van der Waals surface area contributed by atoms with Crippen LogP contribution >= 0.6 is 0 Å². The molecule has 2 fully saturated rings. The summed E-state index contributed by atoms with van der Waals surface area (Å²) in [6, 6.07) is 0.165. The molecule has 2 unspecified atom stereocenters. The third-order valence-electron chi connectivity index (χ3n) is 3.88. The summed E-state index contributed by atoms with van der Waals surface area (Å²) in [7, 11) is 0. The maximum Gasteiger partial charge on any atom is 0.237 e. The first-order valence-corrected chi connectivity index (χ1v) is 6.97. The number of carbonyl (C=O) groups excluding carboxylic acids is 1. The van der Waals surface area contributed by atoms with Crippen LogP contribution in [0.15, 0.2) is 0 Å². The number of carbonyl (C=O) groups is 1. The largest absolute Gasteiger partial charge is 0.392 e. The summed E-state index contributed by atoms with van der Waals surface area (Å²) in [6.45, 7) is 0.544. The number of hydrogen-bond donors (Lipinski definition) is 3. The minimum atomic E-state index is -0.358. The molecule has 0 aromatic heterocycles. The number of amides is 1. The molecule has 0 spiro atoms. The molecular formula is C13H24N2O2. The number of aliphatic hydroxyl groups excluding tert-OH is 1. The molecule has 1 amide bonds. The summed E-state index contributed by atoms with van der Waals surface area (Å²) in [4.78, 5) is 12.0. The van der Waals surface area contributed by atoms with Gasteiger partial charge in [0.1, 0.15) is 0 Å². The summed E-state index contributed by atoms with van der Waals surface area (Å²) in [5.74, 6) is 0.0760. The van der Waals surface area contributed by atoms with E-state index in [4.69, 9.17) is 0 Å². The van der Waals surface area contributed by atoms with Crippen molar-refractivity contribution in [1.29, 1.82) is 0 Å². The van der Waals surface area contributed by atoms with Crippen molar-refractivity contribution in [2.75, 3.05) is 6.54 Å². The Kier molecular flexibility index (Phi) is 4.80. The van der Waals surface area contributed by atoms with Gasteiger partial charge in [0, 0.05) is 12.6 Å². The van der Waals surface area contributed by atoms with Crippen LogP contribution in [0, 0.1) is 0 Å². The fourth-order valence-corrected chi connectivity index (χ4v) is 2.82. The molecule has 0 aromatic carbocycles. The molecule has 0 aromatic rings. The van der Waals surface area contributed by atoms with Crippen molar-refractivity contribution in [1.82, 2.24) is 10.6 Å². The number of hydrogen-bond acceptors (Lipinski definition) is 3. The molecular weight excluding hydrogens is 216 g/mol. The van der Waals surface area contributed by atoms with Crippen LogP contribution in [-0.2, 0) is 4.79 Å². The molecule has 0 bridgehead atoms. The van der Waals surface area contributed by atoms with Crippen LogP contribution in [0.25, 0.3) is 0 Å². The van der Waals surface area contributed by atoms with Crippen LogP contribution in [0.1, 0.15) is 51.4 Å². The lowest BCUT2D eigenvalue weighted by molar-refractivity contribution is -0.123. The van der Waals surface area contributed by atoms with Crippen molar-refractivity contribution in [3.63, 3.8) is 0 Å². The van der Waals surface area contributed by atoms with Crippen molar-refractivity contribution in [2.24, 2.45) is 0 Å². The van der Waals surface area contributed by atoms with E-state index in [1.165, 1.54) is 32.1 Å². The van der Waals surface area contributed by atoms with Gasteiger partial charge in [0.05, 0.1) is 12.1 Å². The molecule has 2 rings (SSSR count). The van der Waals surface area contributed by atoms with E-state index in [2.05, 4.69) is 10.6 Å². The lowest BCUT2D eigenvalue weighted by Crippen LogP contribution is -2.45. The maximum atomic E-state index is 12.0. The second kappa shape index (κ2) is 6.36. The van der Waals surface area contributed by atoms with Crippen molar-refractivity contribution in [3.05, 3.63) is 0 Å². The highest BCUT2D eigenvalue weighted by Gasteiger charge is 2.29. The molecule has 98 valence electrons. The Morgan fingerprint density at radius 1 is 1.12 bits per heavy atom. The molecule has 1 saturated heterocycles. The van der Waals surface area contributed by atoms with Crippen LogP contribution in [0.5, 0.6) is 0 Å². The summed E-state index contributed by atoms with van der Waals surface area (Å²) < 4.78 is 0. The topological polar surface area (TPSA) is 61.4 Å². The van der Waals surface area contributed by atoms with E-state index >= 15 is 0 Å². The molecule has 2 atom stereocenters. The molecule has 0 radical (unpaired) electrons. The molecule has 1 heterocycles. The maximum absolute atomic E-state index is 12.0. The van der Waals surface area contributed by atoms with E-state index in [9.17, 15) is 9.90 Å². The summed E-state index contributed by atoms with van der Waals surface area (Å²) >= 11 is 0. The smallest absolute Gasteiger partial charge is 0.237 e. The minimum absolute atomic E-state index is 0.0760. The summed E-state index contributed by atoms with van der Waals surface area (Å²) in [5, 5.41) is 15.6. The predicted molar refractivity (Wildman–Crippen MR) is 66.7 cm³/mol. The van der Waals surface area contributed by atoms with Crippen molar-refractivity contribution < 1.29 is 9.90 Å². The van der Waals surface area contributed by atoms with Gasteiger partial charge >= 0.3 is 0 Å². The molecule has 3 N–H and O–H groups in total. The van der Waals surface area contributed by atoms with Crippen molar-refractivity contribution in [2.45, 2.75) is 69.6 Å². The zero-order chi connectivity index (χ0) is 12.1. The summed E-state index contributed by atoms with van der Waals surface area (Å²) in [6.07, 6.45) is 8.82. The van der Waals surface area contributed by atoms with Gasteiger partial charge in [0.25, 0.3) is 0 Å². The Morgan fingerprint density at radius 3 is 2.35 bits per heavy atom. The van der Waals surface area contributed by atoms with E-state index < -0.39 is 0 Å². The lowest BCUT2D eigenvalue weighted by atomic mass is 9.96. The highest BCUT2D eigenvalue weighted by Crippen LogP contribution is 2.17. The first-order valence-electron chi connectivity index (χ1n) is 6.97. The van der Waals surface area contributed by atoms with Gasteiger partial charge in [-0.25, -0.2) is 0 Å². The molecule has 1 aliphatic carbocycles.